The quantitative estimate of drug-likeness (QED) is 0.158. The fourth-order valence-corrected chi connectivity index (χ4v) is 5.76. The Kier molecular flexibility index (Phi) is 9.59. The first kappa shape index (κ1) is 30.5. The minimum absolute atomic E-state index is 0.247. The normalized spacial score (nSPS) is 22.5. The highest BCUT2D eigenvalue weighted by atomic mass is 35.5. The highest BCUT2D eigenvalue weighted by Crippen LogP contribution is 2.33. The van der Waals surface area contributed by atoms with Gasteiger partial charge in [-0.15, -0.1) is 5.10 Å². The largest absolute Gasteiger partial charge is 0.453 e. The SMILES string of the molecule is COC(=O)Nc1ccc(C2(Cl)CN=C(C(CC3CCC(O)CC3)NC(=O)C=Cc3cc(Cl)ccc3-n3cnnn3)N2)cc1. The van der Waals surface area contributed by atoms with Crippen molar-refractivity contribution >= 4 is 52.8 Å². The second-order valence-corrected chi connectivity index (χ2v) is 11.7. The lowest BCUT2D eigenvalue weighted by atomic mass is 9.83. The number of halogens is 2. The summed E-state index contributed by atoms with van der Waals surface area (Å²) in [6, 6.07) is 11.8. The Balaban J connectivity index is 1.31. The highest BCUT2D eigenvalue weighted by molar-refractivity contribution is 6.30. The number of alkyl halides is 1. The van der Waals surface area contributed by atoms with Crippen LogP contribution in [0.1, 0.15) is 43.2 Å². The van der Waals surface area contributed by atoms with E-state index < -0.39 is 17.1 Å². The first-order valence-electron chi connectivity index (χ1n) is 13.9. The molecule has 1 aromatic heterocycles. The number of benzene rings is 2. The molecule has 0 spiro atoms. The molecule has 0 radical (unpaired) electrons. The highest BCUT2D eigenvalue weighted by Gasteiger charge is 2.38. The first-order chi connectivity index (χ1) is 20.7. The van der Waals surface area contributed by atoms with Gasteiger partial charge >= 0.3 is 6.09 Å². The number of nitrogens with zero attached hydrogens (tertiary/aromatic N) is 5. The third kappa shape index (κ3) is 7.70. The number of tetrazole rings is 1. The number of aliphatic imine (C=N–C) groups is 1. The van der Waals surface area contributed by atoms with E-state index in [1.165, 1.54) is 24.2 Å². The second-order valence-electron chi connectivity index (χ2n) is 10.6. The molecule has 1 saturated carbocycles. The molecule has 12 nitrogen and oxygen atoms in total. The van der Waals surface area contributed by atoms with Gasteiger partial charge in [0.15, 0.2) is 5.00 Å². The monoisotopic (exact) mass is 626 g/mol. The molecular weight excluding hydrogens is 595 g/mol. The Labute approximate surface area is 258 Å². The average molecular weight is 628 g/mol. The Morgan fingerprint density at radius 1 is 1.21 bits per heavy atom. The van der Waals surface area contributed by atoms with E-state index >= 15 is 0 Å². The van der Waals surface area contributed by atoms with Crippen molar-refractivity contribution in [3.63, 3.8) is 0 Å². The molecule has 4 N–H and O–H groups in total. The summed E-state index contributed by atoms with van der Waals surface area (Å²) in [4.78, 5) is 28.5. The molecule has 2 atom stereocenters. The molecule has 0 bridgehead atoms. The van der Waals surface area contributed by atoms with Gasteiger partial charge in [-0.05, 0) is 90.4 Å². The van der Waals surface area contributed by atoms with Crippen molar-refractivity contribution in [1.29, 1.82) is 0 Å². The number of hydrogen-bond donors (Lipinski definition) is 4. The maximum absolute atomic E-state index is 13.3. The maximum atomic E-state index is 13.3. The van der Waals surface area contributed by atoms with Gasteiger partial charge in [0.05, 0.1) is 31.5 Å². The number of nitrogens with one attached hydrogen (secondary N) is 3. The van der Waals surface area contributed by atoms with Gasteiger partial charge in [0, 0.05) is 22.3 Å². The van der Waals surface area contributed by atoms with Gasteiger partial charge in [0.1, 0.15) is 12.2 Å². The molecule has 14 heteroatoms. The molecule has 0 saturated heterocycles. The van der Waals surface area contributed by atoms with E-state index in [2.05, 4.69) is 36.2 Å². The third-order valence-electron chi connectivity index (χ3n) is 7.60. The van der Waals surface area contributed by atoms with Crippen molar-refractivity contribution in [2.24, 2.45) is 10.9 Å². The predicted octanol–water partition coefficient (Wildman–Crippen LogP) is 4.03. The fraction of sp³-hybridized carbons (Fsp3) is 0.379. The topological polar surface area (TPSA) is 156 Å². The Morgan fingerprint density at radius 2 is 1.98 bits per heavy atom. The van der Waals surface area contributed by atoms with E-state index in [9.17, 15) is 14.7 Å². The van der Waals surface area contributed by atoms with Crippen LogP contribution in [0, 0.1) is 5.92 Å². The fourth-order valence-electron chi connectivity index (χ4n) is 5.30. The van der Waals surface area contributed by atoms with E-state index in [0.717, 1.165) is 31.2 Å². The van der Waals surface area contributed by atoms with Crippen LogP contribution in [-0.4, -0.2) is 69.0 Å². The van der Waals surface area contributed by atoms with Crippen LogP contribution in [0.3, 0.4) is 0 Å². The number of anilines is 1. The summed E-state index contributed by atoms with van der Waals surface area (Å²) in [5, 5.41) is 30.9. The molecule has 2 amide bonds. The number of ether oxygens (including phenoxy) is 1. The number of amides is 2. The number of carbonyl (C=O) groups excluding carboxylic acids is 2. The van der Waals surface area contributed by atoms with E-state index in [1.807, 2.05) is 0 Å². The number of carbonyl (C=O) groups is 2. The Morgan fingerprint density at radius 3 is 2.67 bits per heavy atom. The first-order valence-corrected chi connectivity index (χ1v) is 14.6. The summed E-state index contributed by atoms with van der Waals surface area (Å²) in [5.41, 5.74) is 2.64. The number of rotatable bonds is 9. The standard InChI is InChI=1S/C29H32Cl2N8O4/c1-43-28(42)34-22-8-5-20(6-9-22)29(31)16-32-27(36-29)24(14-18-2-10-23(40)11-3-18)35-26(41)13-4-19-15-21(30)7-12-25(19)39-17-33-37-38-39/h4-9,12-13,15,17-18,23-24,40H,2-3,10-11,14,16H2,1H3,(H,32,36)(H,34,42)(H,35,41). The lowest BCUT2D eigenvalue weighted by Crippen LogP contribution is -2.49. The zero-order valence-electron chi connectivity index (χ0n) is 23.4. The van der Waals surface area contributed by atoms with Gasteiger partial charge in [-0.25, -0.2) is 4.79 Å². The lowest BCUT2D eigenvalue weighted by molar-refractivity contribution is -0.116. The summed E-state index contributed by atoms with van der Waals surface area (Å²) in [7, 11) is 1.30. The molecule has 43 heavy (non-hydrogen) atoms. The molecular formula is C29H32Cl2N8O4. The molecule has 2 aliphatic rings. The summed E-state index contributed by atoms with van der Waals surface area (Å²) in [6.07, 6.45) is 7.51. The van der Waals surface area contributed by atoms with Crippen molar-refractivity contribution < 1.29 is 19.4 Å². The van der Waals surface area contributed by atoms with E-state index in [1.54, 1.807) is 48.5 Å². The van der Waals surface area contributed by atoms with Gasteiger partial charge in [-0.3, -0.25) is 15.1 Å². The summed E-state index contributed by atoms with van der Waals surface area (Å²) < 4.78 is 6.13. The average Bonchev–Trinajstić information content (AvgIpc) is 3.68. The number of methoxy groups -OCH3 is 1. The van der Waals surface area contributed by atoms with Crippen LogP contribution in [0.5, 0.6) is 0 Å². The zero-order chi connectivity index (χ0) is 30.4. The van der Waals surface area contributed by atoms with Crippen LogP contribution in [0.4, 0.5) is 10.5 Å². The van der Waals surface area contributed by atoms with E-state index in [-0.39, 0.29) is 18.6 Å². The maximum Gasteiger partial charge on any atom is 0.411 e. The Hall–Kier alpha value is -4.00. The van der Waals surface area contributed by atoms with Crippen molar-refractivity contribution in [2.45, 2.75) is 49.2 Å². The molecule has 2 aromatic carbocycles. The van der Waals surface area contributed by atoms with Crippen molar-refractivity contribution in [3.05, 3.63) is 71.0 Å². The molecule has 2 unspecified atom stereocenters. The van der Waals surface area contributed by atoms with Gasteiger partial charge in [0.2, 0.25) is 5.91 Å². The van der Waals surface area contributed by atoms with Gasteiger partial charge in [-0.2, -0.15) is 4.68 Å². The summed E-state index contributed by atoms with van der Waals surface area (Å²) in [6.45, 7) is 0.247. The van der Waals surface area contributed by atoms with Crippen molar-refractivity contribution in [3.8, 4) is 5.69 Å². The predicted molar refractivity (Wildman–Crippen MR) is 163 cm³/mol. The van der Waals surface area contributed by atoms with Gasteiger partial charge < -0.3 is 20.5 Å². The summed E-state index contributed by atoms with van der Waals surface area (Å²) in [5.74, 6) is 0.561. The molecule has 1 aliphatic carbocycles. The zero-order valence-corrected chi connectivity index (χ0v) is 24.9. The number of aliphatic hydroxyl groups is 1. The molecule has 226 valence electrons. The number of amidine groups is 1. The third-order valence-corrected chi connectivity index (χ3v) is 8.27. The minimum atomic E-state index is -1.03. The van der Waals surface area contributed by atoms with Crippen LogP contribution in [0.2, 0.25) is 5.02 Å². The molecule has 2 heterocycles. The van der Waals surface area contributed by atoms with Crippen LogP contribution >= 0.6 is 23.2 Å². The van der Waals surface area contributed by atoms with Crippen molar-refractivity contribution in [2.75, 3.05) is 19.0 Å². The smallest absolute Gasteiger partial charge is 0.411 e. The van der Waals surface area contributed by atoms with Crippen molar-refractivity contribution in [1.82, 2.24) is 30.8 Å². The van der Waals surface area contributed by atoms with E-state index in [0.29, 0.717) is 40.1 Å². The molecule has 3 aromatic rings. The van der Waals surface area contributed by atoms with Gasteiger partial charge in [-0.1, -0.05) is 35.3 Å². The summed E-state index contributed by atoms with van der Waals surface area (Å²) >= 11 is 13.2. The lowest BCUT2D eigenvalue weighted by Gasteiger charge is -2.30. The Bertz CT molecular complexity index is 1490. The van der Waals surface area contributed by atoms with Gasteiger partial charge in [0.25, 0.3) is 0 Å². The second kappa shape index (κ2) is 13.5. The molecule has 1 aliphatic heterocycles. The number of aliphatic hydroxyl groups excluding tert-OH is 1. The minimum Gasteiger partial charge on any atom is -0.453 e. The number of aromatic nitrogens is 4. The molecule has 5 rings (SSSR count). The van der Waals surface area contributed by atoms with E-state index in [4.69, 9.17) is 28.2 Å². The van der Waals surface area contributed by atoms with Crippen LogP contribution in [0.15, 0.2) is 59.9 Å². The van der Waals surface area contributed by atoms with Crippen LogP contribution in [0.25, 0.3) is 11.8 Å². The van der Waals surface area contributed by atoms with Crippen LogP contribution < -0.4 is 16.0 Å². The molecule has 1 fully saturated rings. The van der Waals surface area contributed by atoms with Crippen LogP contribution in [-0.2, 0) is 14.5 Å². The number of hydrogen-bond acceptors (Lipinski definition) is 9.